The van der Waals surface area contributed by atoms with Gasteiger partial charge < -0.3 is 10.6 Å². The number of nitrogens with zero attached hydrogens (tertiary/aromatic N) is 2. The van der Waals surface area contributed by atoms with Gasteiger partial charge in [0, 0.05) is 25.3 Å². The minimum absolute atomic E-state index is 0.113. The molecule has 102 valence electrons. The normalized spacial score (nSPS) is 30.2. The molecule has 1 aliphatic heterocycles. The van der Waals surface area contributed by atoms with Gasteiger partial charge in [0.2, 0.25) is 0 Å². The molecule has 0 spiro atoms. The van der Waals surface area contributed by atoms with Crippen LogP contribution in [0.2, 0.25) is 0 Å². The number of pyridine rings is 1. The van der Waals surface area contributed by atoms with Crippen molar-refractivity contribution in [1.29, 1.82) is 0 Å². The molecule has 1 aliphatic carbocycles. The summed E-state index contributed by atoms with van der Waals surface area (Å²) in [7, 11) is 0. The number of carbonyl (C=O) groups excluding carboxylic acids is 1. The molecule has 0 bridgehead atoms. The van der Waals surface area contributed by atoms with Crippen molar-refractivity contribution in [2.75, 3.05) is 13.1 Å². The van der Waals surface area contributed by atoms with Crippen molar-refractivity contribution in [2.45, 2.75) is 25.3 Å². The molecule has 2 aliphatic rings. The average Bonchev–Trinajstić information content (AvgIpc) is 2.84. The van der Waals surface area contributed by atoms with E-state index in [-0.39, 0.29) is 17.5 Å². The predicted octanol–water partition coefficient (Wildman–Crippen LogP) is 1.42. The smallest absolute Gasteiger partial charge is 0.256 e. The van der Waals surface area contributed by atoms with Crippen molar-refractivity contribution in [3.8, 4) is 0 Å². The lowest BCUT2D eigenvalue weighted by molar-refractivity contribution is 0.0778. The second-order valence-corrected chi connectivity index (χ2v) is 5.58. The molecule has 0 radical (unpaired) electrons. The van der Waals surface area contributed by atoms with Crippen LogP contribution in [0.25, 0.3) is 0 Å². The minimum Gasteiger partial charge on any atom is -0.338 e. The second kappa shape index (κ2) is 4.89. The number of amides is 1. The number of hydrogen-bond donors (Lipinski definition) is 1. The fourth-order valence-corrected chi connectivity index (χ4v) is 3.40. The van der Waals surface area contributed by atoms with E-state index in [0.717, 1.165) is 25.5 Å². The van der Waals surface area contributed by atoms with Crippen molar-refractivity contribution in [3.05, 3.63) is 29.8 Å². The SMILES string of the molecule is NC1CCCC2CN(C(=O)c3ccncc3F)CC12. The number of nitrogens with two attached hydrogens (primary N) is 1. The van der Waals surface area contributed by atoms with E-state index in [1.165, 1.54) is 12.3 Å². The maximum Gasteiger partial charge on any atom is 0.256 e. The summed E-state index contributed by atoms with van der Waals surface area (Å²) >= 11 is 0. The summed E-state index contributed by atoms with van der Waals surface area (Å²) in [6.07, 6.45) is 5.83. The molecule has 1 aromatic heterocycles. The first-order valence-corrected chi connectivity index (χ1v) is 6.81. The van der Waals surface area contributed by atoms with Gasteiger partial charge in [-0.15, -0.1) is 0 Å². The van der Waals surface area contributed by atoms with Crippen LogP contribution in [0.1, 0.15) is 29.6 Å². The van der Waals surface area contributed by atoms with Gasteiger partial charge in [0.15, 0.2) is 5.82 Å². The second-order valence-electron chi connectivity index (χ2n) is 5.58. The number of carbonyl (C=O) groups is 1. The number of likely N-dealkylation sites (tertiary alicyclic amines) is 1. The van der Waals surface area contributed by atoms with Crippen LogP contribution < -0.4 is 5.73 Å². The molecule has 0 aromatic carbocycles. The molecule has 1 saturated heterocycles. The Morgan fingerprint density at radius 2 is 2.26 bits per heavy atom. The Morgan fingerprint density at radius 1 is 1.42 bits per heavy atom. The molecular formula is C14H18FN3O. The summed E-state index contributed by atoms with van der Waals surface area (Å²) in [4.78, 5) is 17.8. The van der Waals surface area contributed by atoms with Gasteiger partial charge in [-0.3, -0.25) is 9.78 Å². The molecule has 2 fully saturated rings. The molecular weight excluding hydrogens is 245 g/mol. The Hall–Kier alpha value is -1.49. The number of fused-ring (bicyclic) bond motifs is 1. The van der Waals surface area contributed by atoms with E-state index in [0.29, 0.717) is 24.9 Å². The van der Waals surface area contributed by atoms with Crippen molar-refractivity contribution >= 4 is 5.91 Å². The van der Waals surface area contributed by atoms with E-state index >= 15 is 0 Å². The number of halogens is 1. The molecule has 3 rings (SSSR count). The zero-order valence-electron chi connectivity index (χ0n) is 10.8. The van der Waals surface area contributed by atoms with Gasteiger partial charge in [-0.1, -0.05) is 6.42 Å². The van der Waals surface area contributed by atoms with Gasteiger partial charge in [-0.2, -0.15) is 0 Å². The van der Waals surface area contributed by atoms with Crippen molar-refractivity contribution in [1.82, 2.24) is 9.88 Å². The molecule has 19 heavy (non-hydrogen) atoms. The lowest BCUT2D eigenvalue weighted by Gasteiger charge is -2.29. The zero-order valence-corrected chi connectivity index (χ0v) is 10.8. The first-order valence-electron chi connectivity index (χ1n) is 6.81. The first-order chi connectivity index (χ1) is 9.16. The minimum atomic E-state index is -0.549. The van der Waals surface area contributed by atoms with Gasteiger partial charge in [0.25, 0.3) is 5.91 Å². The summed E-state index contributed by atoms with van der Waals surface area (Å²) < 4.78 is 13.6. The highest BCUT2D eigenvalue weighted by Gasteiger charge is 2.40. The topological polar surface area (TPSA) is 59.2 Å². The maximum atomic E-state index is 13.6. The fourth-order valence-electron chi connectivity index (χ4n) is 3.40. The monoisotopic (exact) mass is 263 g/mol. The summed E-state index contributed by atoms with van der Waals surface area (Å²) in [5, 5.41) is 0. The van der Waals surface area contributed by atoms with Crippen molar-refractivity contribution in [3.63, 3.8) is 0 Å². The molecule has 3 unspecified atom stereocenters. The quantitative estimate of drug-likeness (QED) is 0.833. The van der Waals surface area contributed by atoms with Crippen LogP contribution in [-0.2, 0) is 0 Å². The van der Waals surface area contributed by atoms with Crippen LogP contribution in [-0.4, -0.2) is 34.9 Å². The summed E-state index contributed by atoms with van der Waals surface area (Å²) in [6, 6.07) is 1.62. The summed E-state index contributed by atoms with van der Waals surface area (Å²) in [6.45, 7) is 1.37. The third-order valence-electron chi connectivity index (χ3n) is 4.44. The number of rotatable bonds is 1. The first kappa shape index (κ1) is 12.5. The van der Waals surface area contributed by atoms with Crippen molar-refractivity contribution < 1.29 is 9.18 Å². The number of aromatic nitrogens is 1. The van der Waals surface area contributed by atoms with Gasteiger partial charge in [-0.05, 0) is 30.7 Å². The van der Waals surface area contributed by atoms with Gasteiger partial charge in [0.1, 0.15) is 0 Å². The van der Waals surface area contributed by atoms with Crippen LogP contribution in [0.4, 0.5) is 4.39 Å². The van der Waals surface area contributed by atoms with Crippen LogP contribution in [0.3, 0.4) is 0 Å². The van der Waals surface area contributed by atoms with Crippen LogP contribution in [0, 0.1) is 17.7 Å². The van der Waals surface area contributed by atoms with E-state index in [4.69, 9.17) is 5.73 Å². The molecule has 2 heterocycles. The zero-order chi connectivity index (χ0) is 13.4. The molecule has 5 heteroatoms. The molecule has 4 nitrogen and oxygen atoms in total. The van der Waals surface area contributed by atoms with Gasteiger partial charge in [-0.25, -0.2) is 4.39 Å². The summed E-state index contributed by atoms with van der Waals surface area (Å²) in [5.74, 6) is 0.0772. The van der Waals surface area contributed by atoms with Crippen molar-refractivity contribution in [2.24, 2.45) is 17.6 Å². The molecule has 1 amide bonds. The molecule has 1 saturated carbocycles. The Balaban J connectivity index is 1.78. The molecule has 2 N–H and O–H groups in total. The summed E-state index contributed by atoms with van der Waals surface area (Å²) in [5.41, 5.74) is 6.24. The Kier molecular flexibility index (Phi) is 3.22. The van der Waals surface area contributed by atoms with Gasteiger partial charge in [0.05, 0.1) is 11.8 Å². The van der Waals surface area contributed by atoms with Crippen LogP contribution in [0.5, 0.6) is 0 Å². The van der Waals surface area contributed by atoms with E-state index in [9.17, 15) is 9.18 Å². The lowest BCUT2D eigenvalue weighted by atomic mass is 9.78. The van der Waals surface area contributed by atoms with Gasteiger partial charge >= 0.3 is 0 Å². The van der Waals surface area contributed by atoms with Crippen LogP contribution >= 0.6 is 0 Å². The largest absolute Gasteiger partial charge is 0.338 e. The van der Waals surface area contributed by atoms with E-state index in [1.54, 1.807) is 4.90 Å². The average molecular weight is 263 g/mol. The third kappa shape index (κ3) is 2.23. The predicted molar refractivity (Wildman–Crippen MR) is 68.9 cm³/mol. The Morgan fingerprint density at radius 3 is 3.00 bits per heavy atom. The van der Waals surface area contributed by atoms with E-state index < -0.39 is 5.82 Å². The molecule has 1 aromatic rings. The maximum absolute atomic E-state index is 13.6. The Bertz CT molecular complexity index is 493. The highest BCUT2D eigenvalue weighted by atomic mass is 19.1. The van der Waals surface area contributed by atoms with Crippen LogP contribution in [0.15, 0.2) is 18.5 Å². The number of hydrogen-bond acceptors (Lipinski definition) is 3. The fraction of sp³-hybridized carbons (Fsp3) is 0.571. The third-order valence-corrected chi connectivity index (χ3v) is 4.44. The van der Waals surface area contributed by atoms with E-state index in [1.807, 2.05) is 0 Å². The standard InChI is InChI=1S/C14H18FN3O/c15-12-6-17-5-4-10(12)14(19)18-7-9-2-1-3-13(16)11(9)8-18/h4-6,9,11,13H,1-3,7-8,16H2. The highest BCUT2D eigenvalue weighted by molar-refractivity contribution is 5.94. The molecule has 3 atom stereocenters. The lowest BCUT2D eigenvalue weighted by Crippen LogP contribution is -2.38. The van der Waals surface area contributed by atoms with E-state index in [2.05, 4.69) is 4.98 Å². The Labute approximate surface area is 111 Å². The highest BCUT2D eigenvalue weighted by Crippen LogP contribution is 2.36.